The standard InChI is InChI=1S/C16H14Cl2N4OS/c1-9(15(23)20-7-10-4-2-3-5-12(10)18)24-16-21-13-6-11(17)8-19-14(13)22-16/h2-6,8-9H,7H2,1H3,(H,20,23)(H,19,21,22)/t9-/m0/s1. The van der Waals surface area contributed by atoms with Gasteiger partial charge in [0.1, 0.15) is 0 Å². The molecule has 0 aliphatic heterocycles. The van der Waals surface area contributed by atoms with Crippen LogP contribution in [0, 0.1) is 0 Å². The van der Waals surface area contributed by atoms with Gasteiger partial charge < -0.3 is 10.3 Å². The molecule has 0 spiro atoms. The normalized spacial score (nSPS) is 12.3. The number of fused-ring (bicyclic) bond motifs is 1. The molecule has 0 radical (unpaired) electrons. The van der Waals surface area contributed by atoms with Crippen molar-refractivity contribution in [1.29, 1.82) is 0 Å². The summed E-state index contributed by atoms with van der Waals surface area (Å²) >= 11 is 13.3. The van der Waals surface area contributed by atoms with Crippen LogP contribution in [0.3, 0.4) is 0 Å². The van der Waals surface area contributed by atoms with Crippen LogP contribution >= 0.6 is 35.0 Å². The minimum absolute atomic E-state index is 0.0913. The zero-order valence-corrected chi connectivity index (χ0v) is 15.0. The molecule has 0 saturated carbocycles. The van der Waals surface area contributed by atoms with E-state index >= 15 is 0 Å². The number of aromatic nitrogens is 3. The molecule has 5 nitrogen and oxygen atoms in total. The highest BCUT2D eigenvalue weighted by Crippen LogP contribution is 2.24. The maximum absolute atomic E-state index is 12.2. The highest BCUT2D eigenvalue weighted by molar-refractivity contribution is 8.00. The number of imidazole rings is 1. The van der Waals surface area contributed by atoms with E-state index in [1.165, 1.54) is 11.8 Å². The van der Waals surface area contributed by atoms with Crippen LogP contribution in [0.2, 0.25) is 10.0 Å². The van der Waals surface area contributed by atoms with E-state index in [0.717, 1.165) is 11.1 Å². The second kappa shape index (κ2) is 7.42. The van der Waals surface area contributed by atoms with Crippen molar-refractivity contribution < 1.29 is 4.79 Å². The average Bonchev–Trinajstić information content (AvgIpc) is 2.95. The van der Waals surface area contributed by atoms with Gasteiger partial charge in [-0.05, 0) is 24.6 Å². The van der Waals surface area contributed by atoms with E-state index < -0.39 is 0 Å². The van der Waals surface area contributed by atoms with E-state index in [9.17, 15) is 4.79 Å². The largest absolute Gasteiger partial charge is 0.351 e. The number of carbonyl (C=O) groups excluding carboxylic acids is 1. The molecule has 2 heterocycles. The van der Waals surface area contributed by atoms with E-state index in [4.69, 9.17) is 23.2 Å². The number of halogens is 2. The molecular formula is C16H14Cl2N4OS. The summed E-state index contributed by atoms with van der Waals surface area (Å²) in [5.74, 6) is -0.0913. The van der Waals surface area contributed by atoms with Crippen LogP contribution in [-0.2, 0) is 11.3 Å². The van der Waals surface area contributed by atoms with Crippen molar-refractivity contribution >= 4 is 52.0 Å². The quantitative estimate of drug-likeness (QED) is 0.654. The number of H-pyrrole nitrogens is 1. The third kappa shape index (κ3) is 4.01. The van der Waals surface area contributed by atoms with Gasteiger partial charge in [0.05, 0.1) is 15.8 Å². The van der Waals surface area contributed by atoms with Gasteiger partial charge in [-0.25, -0.2) is 9.97 Å². The summed E-state index contributed by atoms with van der Waals surface area (Å²) in [5.41, 5.74) is 2.20. The molecule has 0 fully saturated rings. The third-order valence-electron chi connectivity index (χ3n) is 3.35. The van der Waals surface area contributed by atoms with Gasteiger partial charge in [-0.2, -0.15) is 0 Å². The van der Waals surface area contributed by atoms with Crippen LogP contribution in [0.15, 0.2) is 41.7 Å². The van der Waals surface area contributed by atoms with Crippen LogP contribution in [-0.4, -0.2) is 26.1 Å². The fraction of sp³-hybridized carbons (Fsp3) is 0.188. The zero-order valence-electron chi connectivity index (χ0n) is 12.7. The summed E-state index contributed by atoms with van der Waals surface area (Å²) in [7, 11) is 0. The Morgan fingerprint density at radius 1 is 1.38 bits per heavy atom. The lowest BCUT2D eigenvalue weighted by atomic mass is 10.2. The first-order valence-corrected chi connectivity index (χ1v) is 8.85. The maximum atomic E-state index is 12.2. The summed E-state index contributed by atoms with van der Waals surface area (Å²) in [6.07, 6.45) is 1.54. The number of rotatable bonds is 5. The minimum atomic E-state index is -0.316. The second-order valence-electron chi connectivity index (χ2n) is 5.14. The summed E-state index contributed by atoms with van der Waals surface area (Å²) < 4.78 is 0. The lowest BCUT2D eigenvalue weighted by Crippen LogP contribution is -2.30. The smallest absolute Gasteiger partial charge is 0.233 e. The molecule has 1 atom stereocenters. The Bertz CT molecular complexity index is 883. The van der Waals surface area contributed by atoms with Crippen molar-refractivity contribution in [2.45, 2.75) is 23.9 Å². The molecule has 0 aliphatic rings. The van der Waals surface area contributed by atoms with Crippen LogP contribution in [0.1, 0.15) is 12.5 Å². The fourth-order valence-corrected chi connectivity index (χ4v) is 3.29. The predicted octanol–water partition coefficient (Wildman–Crippen LogP) is 4.06. The van der Waals surface area contributed by atoms with Gasteiger partial charge in [0.15, 0.2) is 10.8 Å². The average molecular weight is 381 g/mol. The minimum Gasteiger partial charge on any atom is -0.351 e. The van der Waals surface area contributed by atoms with Crippen molar-refractivity contribution in [3.8, 4) is 0 Å². The molecule has 124 valence electrons. The molecule has 8 heteroatoms. The molecule has 0 unspecified atom stereocenters. The van der Waals surface area contributed by atoms with Gasteiger partial charge in [0.2, 0.25) is 5.91 Å². The SMILES string of the molecule is C[C@H](Sc1nc2ncc(Cl)cc2[nH]1)C(=O)NCc1ccccc1Cl. The molecule has 1 aromatic carbocycles. The summed E-state index contributed by atoms with van der Waals surface area (Å²) in [5, 5.41) is 4.36. The summed E-state index contributed by atoms with van der Waals surface area (Å²) in [4.78, 5) is 23.8. The molecular weight excluding hydrogens is 367 g/mol. The summed E-state index contributed by atoms with van der Waals surface area (Å²) in [6, 6.07) is 9.18. The molecule has 0 aliphatic carbocycles. The number of thioether (sulfide) groups is 1. The van der Waals surface area contributed by atoms with Crippen LogP contribution in [0.4, 0.5) is 0 Å². The van der Waals surface area contributed by atoms with Gasteiger partial charge in [-0.3, -0.25) is 4.79 Å². The van der Waals surface area contributed by atoms with Crippen LogP contribution in [0.5, 0.6) is 0 Å². The second-order valence-corrected chi connectivity index (χ2v) is 7.31. The number of nitrogens with zero attached hydrogens (tertiary/aromatic N) is 2. The van der Waals surface area contributed by atoms with Gasteiger partial charge in [-0.15, -0.1) is 0 Å². The number of amides is 1. The van der Waals surface area contributed by atoms with E-state index in [0.29, 0.717) is 27.4 Å². The Kier molecular flexibility index (Phi) is 5.28. The molecule has 2 N–H and O–H groups in total. The Balaban J connectivity index is 1.61. The van der Waals surface area contributed by atoms with Gasteiger partial charge in [0.25, 0.3) is 0 Å². The maximum Gasteiger partial charge on any atom is 0.233 e. The van der Waals surface area contributed by atoms with Crippen molar-refractivity contribution in [2.24, 2.45) is 0 Å². The first kappa shape index (κ1) is 17.1. The van der Waals surface area contributed by atoms with Crippen molar-refractivity contribution in [1.82, 2.24) is 20.3 Å². The van der Waals surface area contributed by atoms with Crippen molar-refractivity contribution in [2.75, 3.05) is 0 Å². The number of hydrogen-bond donors (Lipinski definition) is 2. The lowest BCUT2D eigenvalue weighted by molar-refractivity contribution is -0.120. The molecule has 3 aromatic rings. The number of nitrogens with one attached hydrogen (secondary N) is 2. The molecule has 24 heavy (non-hydrogen) atoms. The number of aromatic amines is 1. The molecule has 3 rings (SSSR count). The Labute approximate surface area is 153 Å². The summed E-state index contributed by atoms with van der Waals surface area (Å²) in [6.45, 7) is 2.21. The topological polar surface area (TPSA) is 70.7 Å². The molecule has 0 saturated heterocycles. The molecule has 2 aromatic heterocycles. The Hall–Kier alpha value is -1.76. The van der Waals surface area contributed by atoms with E-state index in [1.54, 1.807) is 18.3 Å². The third-order valence-corrected chi connectivity index (χ3v) is 4.91. The zero-order chi connectivity index (χ0) is 17.1. The number of pyridine rings is 1. The Morgan fingerprint density at radius 3 is 2.96 bits per heavy atom. The van der Waals surface area contributed by atoms with Gasteiger partial charge in [-0.1, -0.05) is 53.2 Å². The molecule has 1 amide bonds. The van der Waals surface area contributed by atoms with Gasteiger partial charge >= 0.3 is 0 Å². The van der Waals surface area contributed by atoms with Crippen molar-refractivity contribution in [3.63, 3.8) is 0 Å². The number of hydrogen-bond acceptors (Lipinski definition) is 4. The van der Waals surface area contributed by atoms with E-state index in [-0.39, 0.29) is 11.2 Å². The Morgan fingerprint density at radius 2 is 2.17 bits per heavy atom. The van der Waals surface area contributed by atoms with Crippen LogP contribution < -0.4 is 5.32 Å². The first-order valence-electron chi connectivity index (χ1n) is 7.22. The van der Waals surface area contributed by atoms with Crippen molar-refractivity contribution in [3.05, 3.63) is 52.1 Å². The number of carbonyl (C=O) groups is 1. The predicted molar refractivity (Wildman–Crippen MR) is 97.5 cm³/mol. The first-order chi connectivity index (χ1) is 11.5. The number of benzene rings is 1. The lowest BCUT2D eigenvalue weighted by Gasteiger charge is -2.11. The highest BCUT2D eigenvalue weighted by atomic mass is 35.5. The van der Waals surface area contributed by atoms with Crippen LogP contribution in [0.25, 0.3) is 11.2 Å². The fourth-order valence-electron chi connectivity index (χ4n) is 2.10. The monoisotopic (exact) mass is 380 g/mol. The van der Waals surface area contributed by atoms with E-state index in [2.05, 4.69) is 20.3 Å². The van der Waals surface area contributed by atoms with Gasteiger partial charge in [0, 0.05) is 17.8 Å². The molecule has 0 bridgehead atoms. The highest BCUT2D eigenvalue weighted by Gasteiger charge is 2.17. The van der Waals surface area contributed by atoms with E-state index in [1.807, 2.05) is 25.1 Å².